The highest BCUT2D eigenvalue weighted by atomic mass is 16.6. The predicted octanol–water partition coefficient (Wildman–Crippen LogP) is 6.36. The molecule has 0 saturated heterocycles. The van der Waals surface area contributed by atoms with E-state index in [9.17, 15) is 14.4 Å². The Hall–Kier alpha value is -4.07. The van der Waals surface area contributed by atoms with Gasteiger partial charge in [-0.1, -0.05) is 36.4 Å². The molecule has 0 amide bonds. The van der Waals surface area contributed by atoms with E-state index >= 15 is 0 Å². The molecule has 1 atom stereocenters. The summed E-state index contributed by atoms with van der Waals surface area (Å²) in [6.45, 7) is 11.6. The number of carbonyl (C=O) groups is 3. The largest absolute Gasteiger partial charge is 0.466 e. The Morgan fingerprint density at radius 3 is 2.16 bits per heavy atom. The number of aromatic nitrogens is 2. The summed E-state index contributed by atoms with van der Waals surface area (Å²) < 4.78 is 16.9. The lowest BCUT2D eigenvalue weighted by Crippen LogP contribution is -2.28. The number of carbonyl (C=O) groups excluding carboxylic acids is 3. The zero-order valence-electron chi connectivity index (χ0n) is 22.9. The number of hydrogen-bond acceptors (Lipinski definition) is 6. The van der Waals surface area contributed by atoms with Gasteiger partial charge in [-0.05, 0) is 71.2 Å². The van der Waals surface area contributed by atoms with Gasteiger partial charge in [0.05, 0.1) is 31.1 Å². The Kier molecular flexibility index (Phi) is 9.34. The van der Waals surface area contributed by atoms with Gasteiger partial charge in [-0.15, -0.1) is 0 Å². The Morgan fingerprint density at radius 1 is 0.895 bits per heavy atom. The molecule has 0 aliphatic carbocycles. The molecule has 1 N–H and O–H groups in total. The second-order valence-electron chi connectivity index (χ2n) is 9.78. The molecule has 0 fully saturated rings. The predicted molar refractivity (Wildman–Crippen MR) is 147 cm³/mol. The third-order valence-electron chi connectivity index (χ3n) is 5.65. The fourth-order valence-corrected chi connectivity index (χ4v) is 3.95. The van der Waals surface area contributed by atoms with E-state index in [1.807, 2.05) is 95.3 Å². The molecule has 0 radical (unpaired) electrons. The minimum absolute atomic E-state index is 0.0295. The van der Waals surface area contributed by atoms with Gasteiger partial charge < -0.3 is 19.2 Å². The number of fused-ring (bicyclic) bond motifs is 2. The number of nitrogens with one attached hydrogen (secondary N) is 1. The minimum Gasteiger partial charge on any atom is -0.466 e. The summed E-state index contributed by atoms with van der Waals surface area (Å²) >= 11 is 0. The molecule has 8 nitrogen and oxygen atoms in total. The number of H-pyrrole nitrogens is 1. The van der Waals surface area contributed by atoms with Gasteiger partial charge in [0, 0.05) is 22.3 Å². The van der Waals surface area contributed by atoms with Crippen molar-refractivity contribution in [1.29, 1.82) is 0 Å². The second-order valence-corrected chi connectivity index (χ2v) is 9.78. The number of ether oxygens (including phenoxy) is 3. The number of nitrogens with zero attached hydrogens (tertiary/aromatic N) is 1. The van der Waals surface area contributed by atoms with E-state index in [1.165, 1.54) is 4.57 Å². The summed E-state index contributed by atoms with van der Waals surface area (Å²) in [7, 11) is 0. The van der Waals surface area contributed by atoms with Crippen molar-refractivity contribution in [3.05, 3.63) is 72.1 Å². The third kappa shape index (κ3) is 7.25. The fourth-order valence-electron chi connectivity index (χ4n) is 3.95. The van der Waals surface area contributed by atoms with Crippen LogP contribution in [-0.2, 0) is 30.2 Å². The molecule has 2 heterocycles. The molecular formula is C30H36N2O6. The van der Waals surface area contributed by atoms with E-state index in [2.05, 4.69) is 4.98 Å². The summed E-state index contributed by atoms with van der Waals surface area (Å²) in [4.78, 5) is 39.1. The van der Waals surface area contributed by atoms with E-state index in [0.29, 0.717) is 18.9 Å². The maximum absolute atomic E-state index is 12.5. The lowest BCUT2D eigenvalue weighted by molar-refractivity contribution is -0.144. The quantitative estimate of drug-likeness (QED) is 0.234. The van der Waals surface area contributed by atoms with Crippen LogP contribution in [0, 0.1) is 0 Å². The van der Waals surface area contributed by atoms with E-state index in [0.717, 1.165) is 27.5 Å². The monoisotopic (exact) mass is 520 g/mol. The van der Waals surface area contributed by atoms with E-state index in [4.69, 9.17) is 14.2 Å². The standard InChI is InChI=1S/C17H21NO4.C13H15NO2/c1-5-21-15(19)11-13-10-12-8-6-7-9-14(12)18(13)16(20)22-17(2,3)4;1-3-16-13(15)9(2)12-8-10-6-4-5-7-11(10)14-12/h6-10H,5,11H2,1-4H3;4-9,14H,3H2,1-2H3. The average Bonchev–Trinajstić information content (AvgIpc) is 3.44. The molecule has 0 saturated carbocycles. The third-order valence-corrected chi connectivity index (χ3v) is 5.65. The zero-order chi connectivity index (χ0) is 27.9. The van der Waals surface area contributed by atoms with Gasteiger partial charge in [-0.25, -0.2) is 9.36 Å². The number of hydrogen-bond donors (Lipinski definition) is 1. The summed E-state index contributed by atoms with van der Waals surface area (Å²) in [6.07, 6.45) is -0.463. The lowest BCUT2D eigenvalue weighted by Gasteiger charge is -2.20. The Morgan fingerprint density at radius 2 is 1.53 bits per heavy atom. The van der Waals surface area contributed by atoms with Crippen molar-refractivity contribution in [2.24, 2.45) is 0 Å². The van der Waals surface area contributed by atoms with E-state index in [-0.39, 0.29) is 24.3 Å². The molecule has 0 spiro atoms. The van der Waals surface area contributed by atoms with E-state index < -0.39 is 11.7 Å². The summed E-state index contributed by atoms with van der Waals surface area (Å²) in [5.74, 6) is -0.795. The number of aromatic amines is 1. The first-order valence-corrected chi connectivity index (χ1v) is 12.8. The minimum atomic E-state index is -0.607. The summed E-state index contributed by atoms with van der Waals surface area (Å²) in [6, 6.07) is 19.2. The fraction of sp³-hybridized carbons (Fsp3) is 0.367. The zero-order valence-corrected chi connectivity index (χ0v) is 22.9. The van der Waals surface area contributed by atoms with Crippen molar-refractivity contribution in [2.45, 2.75) is 59.5 Å². The second kappa shape index (κ2) is 12.4. The molecule has 2 aromatic heterocycles. The van der Waals surface area contributed by atoms with Crippen LogP contribution in [0.2, 0.25) is 0 Å². The molecule has 8 heteroatoms. The number of para-hydroxylation sites is 2. The molecule has 2 aromatic carbocycles. The maximum atomic E-state index is 12.5. The van der Waals surface area contributed by atoms with Crippen molar-refractivity contribution >= 4 is 39.8 Å². The van der Waals surface area contributed by atoms with Crippen LogP contribution in [0.4, 0.5) is 4.79 Å². The molecule has 0 aliphatic heterocycles. The molecule has 0 bridgehead atoms. The van der Waals surface area contributed by atoms with Gasteiger partial charge in [0.15, 0.2) is 0 Å². The van der Waals surface area contributed by atoms with Gasteiger partial charge in [0.1, 0.15) is 5.60 Å². The maximum Gasteiger partial charge on any atom is 0.419 e. The molecular weight excluding hydrogens is 484 g/mol. The van der Waals surface area contributed by atoms with Crippen LogP contribution in [0.3, 0.4) is 0 Å². The first kappa shape index (κ1) is 28.5. The molecule has 4 aromatic rings. The van der Waals surface area contributed by atoms with Gasteiger partial charge in [-0.2, -0.15) is 0 Å². The molecule has 0 aliphatic rings. The van der Waals surface area contributed by atoms with Crippen LogP contribution in [-0.4, -0.2) is 46.4 Å². The van der Waals surface area contributed by atoms with Crippen LogP contribution < -0.4 is 0 Å². The van der Waals surface area contributed by atoms with Crippen LogP contribution in [0.5, 0.6) is 0 Å². The number of esters is 2. The van der Waals surface area contributed by atoms with Crippen LogP contribution >= 0.6 is 0 Å². The molecule has 38 heavy (non-hydrogen) atoms. The van der Waals surface area contributed by atoms with Crippen molar-refractivity contribution < 1.29 is 28.6 Å². The Bertz CT molecular complexity index is 1380. The molecule has 4 rings (SSSR count). The number of benzene rings is 2. The van der Waals surface area contributed by atoms with Crippen molar-refractivity contribution in [1.82, 2.24) is 9.55 Å². The molecule has 1 unspecified atom stereocenters. The van der Waals surface area contributed by atoms with Crippen LogP contribution in [0.1, 0.15) is 58.8 Å². The highest BCUT2D eigenvalue weighted by Gasteiger charge is 2.23. The van der Waals surface area contributed by atoms with Gasteiger partial charge in [0.25, 0.3) is 0 Å². The van der Waals surface area contributed by atoms with Crippen LogP contribution in [0.15, 0.2) is 60.7 Å². The topological polar surface area (TPSA) is 99.6 Å². The highest BCUT2D eigenvalue weighted by molar-refractivity contribution is 5.92. The highest BCUT2D eigenvalue weighted by Crippen LogP contribution is 2.23. The Labute approximate surface area is 222 Å². The van der Waals surface area contributed by atoms with Crippen LogP contribution in [0.25, 0.3) is 21.8 Å². The smallest absolute Gasteiger partial charge is 0.419 e. The van der Waals surface area contributed by atoms with Crippen molar-refractivity contribution in [2.75, 3.05) is 13.2 Å². The Balaban J connectivity index is 0.000000221. The summed E-state index contributed by atoms with van der Waals surface area (Å²) in [5, 5.41) is 2.00. The lowest BCUT2D eigenvalue weighted by atomic mass is 10.1. The first-order valence-electron chi connectivity index (χ1n) is 12.8. The van der Waals surface area contributed by atoms with Gasteiger partial charge in [0.2, 0.25) is 0 Å². The normalized spacial score (nSPS) is 11.9. The van der Waals surface area contributed by atoms with E-state index in [1.54, 1.807) is 6.92 Å². The van der Waals surface area contributed by atoms with Crippen molar-refractivity contribution in [3.8, 4) is 0 Å². The van der Waals surface area contributed by atoms with Gasteiger partial charge in [-0.3, -0.25) is 9.59 Å². The average molecular weight is 521 g/mol. The van der Waals surface area contributed by atoms with Crippen molar-refractivity contribution in [3.63, 3.8) is 0 Å². The first-order chi connectivity index (χ1) is 18.0. The van der Waals surface area contributed by atoms with Gasteiger partial charge >= 0.3 is 18.0 Å². The number of rotatable bonds is 6. The molecule has 202 valence electrons. The summed E-state index contributed by atoms with van der Waals surface area (Å²) in [5.41, 5.74) is 2.63. The SMILES string of the molecule is CCOC(=O)C(C)c1cc2ccccc2[nH]1.CCOC(=O)Cc1cc2ccccc2n1C(=O)OC(C)(C)C.